The van der Waals surface area contributed by atoms with Crippen LogP contribution in [0.2, 0.25) is 0 Å². The molecule has 2 rings (SSSR count). The molecule has 3 nitrogen and oxygen atoms in total. The van der Waals surface area contributed by atoms with Crippen molar-refractivity contribution >= 4 is 9.84 Å². The normalized spacial score (nSPS) is 21.9. The van der Waals surface area contributed by atoms with Gasteiger partial charge in [0, 0.05) is 12.3 Å². The molecule has 0 saturated carbocycles. The number of rotatable bonds is 2. The van der Waals surface area contributed by atoms with Crippen LogP contribution in [-0.4, -0.2) is 21.2 Å². The molecule has 0 aliphatic carbocycles. The van der Waals surface area contributed by atoms with Crippen molar-refractivity contribution in [1.29, 1.82) is 0 Å². The van der Waals surface area contributed by atoms with Gasteiger partial charge < -0.3 is 5.32 Å². The molecule has 1 aromatic carbocycles. The molecular formula is C12H17NO2S. The van der Waals surface area contributed by atoms with Crippen LogP contribution >= 0.6 is 0 Å². The summed E-state index contributed by atoms with van der Waals surface area (Å²) in [4.78, 5) is 0.414. The van der Waals surface area contributed by atoms with Gasteiger partial charge in [0.05, 0.1) is 4.90 Å². The van der Waals surface area contributed by atoms with Crippen LogP contribution in [0.15, 0.2) is 29.2 Å². The van der Waals surface area contributed by atoms with E-state index in [1.807, 2.05) is 12.1 Å². The highest BCUT2D eigenvalue weighted by Gasteiger charge is 2.16. The molecule has 1 aliphatic rings. The topological polar surface area (TPSA) is 46.2 Å². The molecule has 0 aromatic heterocycles. The summed E-state index contributed by atoms with van der Waals surface area (Å²) in [6.45, 7) is 1.02. The zero-order valence-electron chi connectivity index (χ0n) is 9.44. The second-order valence-electron chi connectivity index (χ2n) is 4.35. The average Bonchev–Trinajstić information content (AvgIpc) is 2.29. The molecule has 0 unspecified atom stereocenters. The van der Waals surface area contributed by atoms with Crippen LogP contribution in [0.1, 0.15) is 30.9 Å². The lowest BCUT2D eigenvalue weighted by molar-refractivity contribution is 0.412. The first-order chi connectivity index (χ1) is 7.57. The molecule has 0 bridgehead atoms. The molecule has 1 fully saturated rings. The maximum Gasteiger partial charge on any atom is 0.175 e. The Kier molecular flexibility index (Phi) is 3.30. The van der Waals surface area contributed by atoms with Gasteiger partial charge >= 0.3 is 0 Å². The quantitative estimate of drug-likeness (QED) is 0.857. The molecule has 1 saturated heterocycles. The molecule has 88 valence electrons. The van der Waals surface area contributed by atoms with Gasteiger partial charge in [0.15, 0.2) is 9.84 Å². The van der Waals surface area contributed by atoms with E-state index in [2.05, 4.69) is 5.32 Å². The number of sulfone groups is 1. The van der Waals surface area contributed by atoms with E-state index in [-0.39, 0.29) is 0 Å². The van der Waals surface area contributed by atoms with Crippen molar-refractivity contribution in [1.82, 2.24) is 5.32 Å². The number of hydrogen-bond donors (Lipinski definition) is 1. The van der Waals surface area contributed by atoms with Crippen LogP contribution in [-0.2, 0) is 9.84 Å². The minimum atomic E-state index is -3.09. The van der Waals surface area contributed by atoms with Crippen molar-refractivity contribution in [3.05, 3.63) is 29.8 Å². The van der Waals surface area contributed by atoms with Crippen LogP contribution in [0.25, 0.3) is 0 Å². The summed E-state index contributed by atoms with van der Waals surface area (Å²) < 4.78 is 22.9. The first kappa shape index (κ1) is 11.6. The van der Waals surface area contributed by atoms with E-state index >= 15 is 0 Å². The Bertz CT molecular complexity index is 462. The predicted octanol–water partition coefficient (Wildman–Crippen LogP) is 1.90. The summed E-state index contributed by atoms with van der Waals surface area (Å²) in [5, 5.41) is 3.42. The van der Waals surface area contributed by atoms with Crippen LogP contribution in [0, 0.1) is 0 Å². The molecule has 0 amide bonds. The van der Waals surface area contributed by atoms with Crippen molar-refractivity contribution in [2.45, 2.75) is 30.2 Å². The molecule has 0 radical (unpaired) electrons. The summed E-state index contributed by atoms with van der Waals surface area (Å²) >= 11 is 0. The number of benzene rings is 1. The van der Waals surface area contributed by atoms with Crippen LogP contribution in [0.4, 0.5) is 0 Å². The summed E-state index contributed by atoms with van der Waals surface area (Å²) in [5.74, 6) is 0. The molecule has 1 atom stereocenters. The Morgan fingerprint density at radius 3 is 2.75 bits per heavy atom. The van der Waals surface area contributed by atoms with Crippen molar-refractivity contribution in [3.8, 4) is 0 Å². The monoisotopic (exact) mass is 239 g/mol. The van der Waals surface area contributed by atoms with Gasteiger partial charge in [-0.25, -0.2) is 8.42 Å². The predicted molar refractivity (Wildman–Crippen MR) is 64.1 cm³/mol. The fourth-order valence-electron chi connectivity index (χ4n) is 2.10. The SMILES string of the molecule is CS(=O)(=O)c1cccc([C@@H]2CCCCN2)c1. The van der Waals surface area contributed by atoms with E-state index in [0.717, 1.165) is 18.5 Å². The van der Waals surface area contributed by atoms with Gasteiger partial charge in [-0.1, -0.05) is 18.6 Å². The molecule has 1 N–H and O–H groups in total. The Labute approximate surface area is 96.8 Å². The average molecular weight is 239 g/mol. The summed E-state index contributed by atoms with van der Waals surface area (Å²) in [7, 11) is -3.09. The van der Waals surface area contributed by atoms with E-state index in [9.17, 15) is 8.42 Å². The van der Waals surface area contributed by atoms with Gasteiger partial charge in [0.1, 0.15) is 0 Å². The second-order valence-corrected chi connectivity index (χ2v) is 6.36. The van der Waals surface area contributed by atoms with E-state index in [1.54, 1.807) is 12.1 Å². The zero-order valence-corrected chi connectivity index (χ0v) is 10.3. The molecule has 1 heterocycles. The van der Waals surface area contributed by atoms with Crippen LogP contribution in [0.3, 0.4) is 0 Å². The van der Waals surface area contributed by atoms with Crippen molar-refractivity contribution in [2.75, 3.05) is 12.8 Å². The highest BCUT2D eigenvalue weighted by Crippen LogP contribution is 2.24. The third-order valence-corrected chi connectivity index (χ3v) is 4.11. The van der Waals surface area contributed by atoms with Crippen molar-refractivity contribution < 1.29 is 8.42 Å². The molecule has 0 spiro atoms. The lowest BCUT2D eigenvalue weighted by Gasteiger charge is -2.24. The lowest BCUT2D eigenvalue weighted by Crippen LogP contribution is -2.26. The van der Waals surface area contributed by atoms with Crippen molar-refractivity contribution in [3.63, 3.8) is 0 Å². The number of hydrogen-bond acceptors (Lipinski definition) is 3. The van der Waals surface area contributed by atoms with Gasteiger partial charge in [-0.2, -0.15) is 0 Å². The third kappa shape index (κ3) is 2.62. The smallest absolute Gasteiger partial charge is 0.175 e. The van der Waals surface area contributed by atoms with Crippen LogP contribution < -0.4 is 5.32 Å². The van der Waals surface area contributed by atoms with Gasteiger partial charge in [-0.05, 0) is 37.1 Å². The largest absolute Gasteiger partial charge is 0.310 e. The van der Waals surface area contributed by atoms with E-state index in [1.165, 1.54) is 19.1 Å². The fraction of sp³-hybridized carbons (Fsp3) is 0.500. The van der Waals surface area contributed by atoms with Gasteiger partial charge in [-0.15, -0.1) is 0 Å². The maximum absolute atomic E-state index is 11.4. The summed E-state index contributed by atoms with van der Waals surface area (Å²) in [6, 6.07) is 7.58. The van der Waals surface area contributed by atoms with Gasteiger partial charge in [0.25, 0.3) is 0 Å². The Balaban J connectivity index is 2.28. The Morgan fingerprint density at radius 1 is 1.31 bits per heavy atom. The number of piperidine rings is 1. The second kappa shape index (κ2) is 4.55. The first-order valence-corrected chi connectivity index (χ1v) is 7.50. The van der Waals surface area contributed by atoms with E-state index in [0.29, 0.717) is 10.9 Å². The molecule has 1 aromatic rings. The fourth-order valence-corrected chi connectivity index (χ4v) is 2.77. The minimum Gasteiger partial charge on any atom is -0.310 e. The lowest BCUT2D eigenvalue weighted by atomic mass is 9.98. The first-order valence-electron chi connectivity index (χ1n) is 5.61. The molecule has 16 heavy (non-hydrogen) atoms. The van der Waals surface area contributed by atoms with E-state index in [4.69, 9.17) is 0 Å². The van der Waals surface area contributed by atoms with Crippen LogP contribution in [0.5, 0.6) is 0 Å². The summed E-state index contributed by atoms with van der Waals surface area (Å²) in [5.41, 5.74) is 1.09. The van der Waals surface area contributed by atoms with Crippen molar-refractivity contribution in [2.24, 2.45) is 0 Å². The third-order valence-electron chi connectivity index (χ3n) is 3.00. The molecule has 1 aliphatic heterocycles. The molecular weight excluding hydrogens is 222 g/mol. The van der Waals surface area contributed by atoms with Gasteiger partial charge in [0.2, 0.25) is 0 Å². The van der Waals surface area contributed by atoms with E-state index < -0.39 is 9.84 Å². The maximum atomic E-state index is 11.4. The Morgan fingerprint density at radius 2 is 2.12 bits per heavy atom. The molecule has 4 heteroatoms. The standard InChI is InChI=1S/C12H17NO2S/c1-16(14,15)11-6-4-5-10(9-11)12-7-2-3-8-13-12/h4-6,9,12-13H,2-3,7-8H2,1H3/t12-/m0/s1. The zero-order chi connectivity index (χ0) is 11.6. The Hall–Kier alpha value is -0.870. The minimum absolute atomic E-state index is 0.315. The summed E-state index contributed by atoms with van der Waals surface area (Å²) in [6.07, 6.45) is 4.76. The highest BCUT2D eigenvalue weighted by atomic mass is 32.2. The van der Waals surface area contributed by atoms with Gasteiger partial charge in [-0.3, -0.25) is 0 Å². The highest BCUT2D eigenvalue weighted by molar-refractivity contribution is 7.90. The number of nitrogens with one attached hydrogen (secondary N) is 1.